The van der Waals surface area contributed by atoms with Gasteiger partial charge in [0.1, 0.15) is 11.9 Å². The molecule has 2 nitrogen and oxygen atoms in total. The van der Waals surface area contributed by atoms with Crippen LogP contribution in [-0.4, -0.2) is 4.57 Å². The van der Waals surface area contributed by atoms with Crippen molar-refractivity contribution in [2.75, 3.05) is 0 Å². The van der Waals surface area contributed by atoms with Gasteiger partial charge in [-0.15, -0.1) is 0 Å². The number of nitriles is 1. The minimum Gasteiger partial charge on any atom is -0.347 e. The highest BCUT2D eigenvalue weighted by atomic mass is 19.1. The summed E-state index contributed by atoms with van der Waals surface area (Å²) in [7, 11) is 1.90. The molecule has 2 rings (SSSR count). The molecule has 3 heteroatoms. The summed E-state index contributed by atoms with van der Waals surface area (Å²) in [6, 6.07) is 10.2. The molecule has 0 aliphatic carbocycles. The zero-order chi connectivity index (χ0) is 11.7. The van der Waals surface area contributed by atoms with E-state index in [0.717, 1.165) is 17.0 Å². The Hall–Kier alpha value is -2.08. The molecule has 80 valence electrons. The summed E-state index contributed by atoms with van der Waals surface area (Å²) < 4.78 is 14.7. The number of rotatable bonds is 1. The molecule has 0 aliphatic rings. The third-order valence-corrected chi connectivity index (χ3v) is 2.80. The van der Waals surface area contributed by atoms with Crippen LogP contribution < -0.4 is 0 Å². The van der Waals surface area contributed by atoms with E-state index in [2.05, 4.69) is 6.07 Å². The van der Waals surface area contributed by atoms with Gasteiger partial charge in [0.25, 0.3) is 0 Å². The van der Waals surface area contributed by atoms with Gasteiger partial charge in [-0.25, -0.2) is 4.39 Å². The van der Waals surface area contributed by atoms with Gasteiger partial charge < -0.3 is 4.57 Å². The van der Waals surface area contributed by atoms with Gasteiger partial charge in [0.15, 0.2) is 0 Å². The molecular weight excluding hydrogens is 203 g/mol. The zero-order valence-corrected chi connectivity index (χ0v) is 9.16. The van der Waals surface area contributed by atoms with Crippen molar-refractivity contribution in [1.82, 2.24) is 4.57 Å². The molecule has 0 unspecified atom stereocenters. The van der Waals surface area contributed by atoms with Gasteiger partial charge in [0.2, 0.25) is 0 Å². The van der Waals surface area contributed by atoms with E-state index in [9.17, 15) is 4.39 Å². The molecule has 0 amide bonds. The molecule has 0 saturated heterocycles. The first-order chi connectivity index (χ1) is 7.63. The largest absolute Gasteiger partial charge is 0.347 e. The lowest BCUT2D eigenvalue weighted by atomic mass is 10.1. The maximum absolute atomic E-state index is 12.8. The van der Waals surface area contributed by atoms with Crippen molar-refractivity contribution in [2.24, 2.45) is 7.05 Å². The Kier molecular flexibility index (Phi) is 2.49. The molecule has 1 heterocycles. The Bertz CT molecular complexity index is 559. The predicted octanol–water partition coefficient (Wildman–Crippen LogP) is 3.01. The van der Waals surface area contributed by atoms with Gasteiger partial charge in [0, 0.05) is 18.4 Å². The van der Waals surface area contributed by atoms with E-state index in [4.69, 9.17) is 5.26 Å². The van der Waals surface area contributed by atoms with Crippen LogP contribution in [0, 0.1) is 24.1 Å². The van der Waals surface area contributed by atoms with Crippen molar-refractivity contribution in [1.29, 1.82) is 5.26 Å². The van der Waals surface area contributed by atoms with Crippen molar-refractivity contribution in [3.8, 4) is 17.3 Å². The number of hydrogen-bond acceptors (Lipinski definition) is 1. The van der Waals surface area contributed by atoms with Crippen molar-refractivity contribution < 1.29 is 4.39 Å². The summed E-state index contributed by atoms with van der Waals surface area (Å²) in [5.41, 5.74) is 3.41. The summed E-state index contributed by atoms with van der Waals surface area (Å²) in [5.74, 6) is -0.254. The van der Waals surface area contributed by atoms with Gasteiger partial charge in [-0.2, -0.15) is 5.26 Å². The normalized spacial score (nSPS) is 10.1. The molecule has 0 fully saturated rings. The quantitative estimate of drug-likeness (QED) is 0.717. The fourth-order valence-electron chi connectivity index (χ4n) is 1.71. The minimum absolute atomic E-state index is 0.254. The summed E-state index contributed by atoms with van der Waals surface area (Å²) >= 11 is 0. The second-order valence-electron chi connectivity index (χ2n) is 3.71. The van der Waals surface area contributed by atoms with Crippen LogP contribution in [0.15, 0.2) is 30.3 Å². The van der Waals surface area contributed by atoms with Gasteiger partial charge in [-0.05, 0) is 42.8 Å². The van der Waals surface area contributed by atoms with Crippen molar-refractivity contribution in [2.45, 2.75) is 6.92 Å². The first kappa shape index (κ1) is 10.4. The van der Waals surface area contributed by atoms with E-state index in [1.54, 1.807) is 12.1 Å². The first-order valence-electron chi connectivity index (χ1n) is 4.96. The SMILES string of the molecule is Cc1c(C#N)cc(-c2ccc(F)cc2)n1C. The average molecular weight is 214 g/mol. The minimum atomic E-state index is -0.254. The lowest BCUT2D eigenvalue weighted by molar-refractivity contribution is 0.628. The Morgan fingerprint density at radius 2 is 1.88 bits per heavy atom. The average Bonchev–Trinajstić information content (AvgIpc) is 2.57. The van der Waals surface area contributed by atoms with Crippen LogP contribution in [0.1, 0.15) is 11.3 Å². The highest BCUT2D eigenvalue weighted by Gasteiger charge is 2.09. The summed E-state index contributed by atoms with van der Waals surface area (Å²) in [6.07, 6.45) is 0. The maximum Gasteiger partial charge on any atom is 0.123 e. The van der Waals surface area contributed by atoms with E-state index in [-0.39, 0.29) is 5.82 Å². The summed E-state index contributed by atoms with van der Waals surface area (Å²) in [5, 5.41) is 8.92. The van der Waals surface area contributed by atoms with E-state index in [0.29, 0.717) is 5.56 Å². The first-order valence-corrected chi connectivity index (χ1v) is 4.96. The smallest absolute Gasteiger partial charge is 0.123 e. The van der Waals surface area contributed by atoms with Crippen molar-refractivity contribution >= 4 is 0 Å². The van der Waals surface area contributed by atoms with Crippen LogP contribution in [-0.2, 0) is 7.05 Å². The van der Waals surface area contributed by atoms with Crippen LogP contribution in [0.4, 0.5) is 4.39 Å². The third kappa shape index (κ3) is 1.59. The van der Waals surface area contributed by atoms with Crippen LogP contribution >= 0.6 is 0 Å². The maximum atomic E-state index is 12.8. The van der Waals surface area contributed by atoms with Crippen molar-refractivity contribution in [3.05, 3.63) is 47.4 Å². The molecule has 0 atom stereocenters. The Morgan fingerprint density at radius 3 is 2.38 bits per heavy atom. The number of nitrogens with zero attached hydrogens (tertiary/aromatic N) is 2. The molecule has 0 aliphatic heterocycles. The lowest BCUT2D eigenvalue weighted by Crippen LogP contribution is -1.94. The Labute approximate surface area is 93.6 Å². The Morgan fingerprint density at radius 1 is 1.25 bits per heavy atom. The fraction of sp³-hybridized carbons (Fsp3) is 0.154. The molecule has 0 radical (unpaired) electrons. The summed E-state index contributed by atoms with van der Waals surface area (Å²) in [4.78, 5) is 0. The molecule has 1 aromatic heterocycles. The molecule has 1 aromatic carbocycles. The molecule has 2 aromatic rings. The van der Waals surface area contributed by atoms with Gasteiger partial charge >= 0.3 is 0 Å². The molecule has 0 bridgehead atoms. The molecular formula is C13H11FN2. The second-order valence-corrected chi connectivity index (χ2v) is 3.71. The third-order valence-electron chi connectivity index (χ3n) is 2.80. The lowest BCUT2D eigenvalue weighted by Gasteiger charge is -2.04. The van der Waals surface area contributed by atoms with E-state index < -0.39 is 0 Å². The van der Waals surface area contributed by atoms with E-state index in [1.165, 1.54) is 12.1 Å². The predicted molar refractivity (Wildman–Crippen MR) is 60.3 cm³/mol. The number of halogens is 1. The summed E-state index contributed by atoms with van der Waals surface area (Å²) in [6.45, 7) is 1.89. The molecule has 16 heavy (non-hydrogen) atoms. The fourth-order valence-corrected chi connectivity index (χ4v) is 1.71. The zero-order valence-electron chi connectivity index (χ0n) is 9.16. The van der Waals surface area contributed by atoms with E-state index >= 15 is 0 Å². The monoisotopic (exact) mass is 214 g/mol. The van der Waals surface area contributed by atoms with Gasteiger partial charge in [-0.3, -0.25) is 0 Å². The van der Waals surface area contributed by atoms with Crippen LogP contribution in [0.2, 0.25) is 0 Å². The van der Waals surface area contributed by atoms with Crippen LogP contribution in [0.25, 0.3) is 11.3 Å². The van der Waals surface area contributed by atoms with Gasteiger partial charge in [-0.1, -0.05) is 0 Å². The van der Waals surface area contributed by atoms with Crippen molar-refractivity contribution in [3.63, 3.8) is 0 Å². The molecule has 0 N–H and O–H groups in total. The topological polar surface area (TPSA) is 28.7 Å². The van der Waals surface area contributed by atoms with Crippen LogP contribution in [0.5, 0.6) is 0 Å². The number of benzene rings is 1. The van der Waals surface area contributed by atoms with Gasteiger partial charge in [0.05, 0.1) is 5.56 Å². The highest BCUT2D eigenvalue weighted by molar-refractivity contribution is 5.63. The standard InChI is InChI=1S/C13H11FN2/c1-9-11(8-15)7-13(16(9)2)10-3-5-12(14)6-4-10/h3-7H,1-2H3. The highest BCUT2D eigenvalue weighted by Crippen LogP contribution is 2.24. The van der Waals surface area contributed by atoms with Crippen LogP contribution in [0.3, 0.4) is 0 Å². The Balaban J connectivity index is 2.57. The number of hydrogen-bond donors (Lipinski definition) is 0. The van der Waals surface area contributed by atoms with E-state index in [1.807, 2.05) is 24.6 Å². The molecule has 0 saturated carbocycles. The second kappa shape index (κ2) is 3.82. The molecule has 0 spiro atoms. The number of aromatic nitrogens is 1.